The lowest BCUT2D eigenvalue weighted by Crippen LogP contribution is -2.43. The number of carbonyl (C=O) groups excluding carboxylic acids is 4. The number of amides is 4. The molecule has 0 spiro atoms. The molecule has 6 aromatic rings. The summed E-state index contributed by atoms with van der Waals surface area (Å²) in [5.74, 6) is 1.19. The van der Waals surface area contributed by atoms with Gasteiger partial charge in [0.05, 0.1) is 35.9 Å². The van der Waals surface area contributed by atoms with Gasteiger partial charge in [0.1, 0.15) is 23.7 Å². The molecule has 2 aromatic heterocycles. The molecule has 320 valence electrons. The van der Waals surface area contributed by atoms with E-state index >= 15 is 0 Å². The van der Waals surface area contributed by atoms with Crippen molar-refractivity contribution >= 4 is 35.4 Å². The number of H-pyrrole nitrogens is 2. The standard InChI is InChI=1S/C50H50N8O4S/c59-47(35-15-16-35)55-43(33-9-3-1-4-10-33)49(61)57-27-7-13-41(57)45-51-29-39(53-45)31-19-23-37(24-20-31)63-38-25-21-32(22-26-38)40-30-52-46(54-40)42-14-8-28-58(42)50(62)44(34-11-5-2-6-12-34)56-48(60)36-17-18-36/h1-6,9-12,19-26,29-30,35-36,41-44H,7-8,13-18,27-28H2,(H,51,53)(H,52,54)(H,55,59)(H,56,60)/t41-,42-,43+,44+/m0/s1. The Hall–Kier alpha value is -6.47. The van der Waals surface area contributed by atoms with Gasteiger partial charge in [-0.3, -0.25) is 19.2 Å². The van der Waals surface area contributed by atoms with Gasteiger partial charge in [0.25, 0.3) is 0 Å². The number of nitrogens with one attached hydrogen (secondary N) is 4. The number of likely N-dealkylation sites (tertiary alicyclic amines) is 2. The van der Waals surface area contributed by atoms with Crippen LogP contribution in [0.2, 0.25) is 0 Å². The van der Waals surface area contributed by atoms with Crippen LogP contribution in [0.5, 0.6) is 0 Å². The van der Waals surface area contributed by atoms with Crippen molar-refractivity contribution < 1.29 is 19.2 Å². The molecule has 2 aliphatic carbocycles. The third kappa shape index (κ3) is 8.92. The van der Waals surface area contributed by atoms with Crippen LogP contribution in [0.15, 0.2) is 131 Å². The van der Waals surface area contributed by atoms with E-state index < -0.39 is 12.1 Å². The van der Waals surface area contributed by atoms with Gasteiger partial charge in [-0.25, -0.2) is 9.97 Å². The Kier molecular flexibility index (Phi) is 11.4. The van der Waals surface area contributed by atoms with Gasteiger partial charge in [0.15, 0.2) is 0 Å². The highest BCUT2D eigenvalue weighted by Crippen LogP contribution is 2.38. The van der Waals surface area contributed by atoms with Gasteiger partial charge in [-0.1, -0.05) is 96.7 Å². The molecule has 4 aliphatic rings. The summed E-state index contributed by atoms with van der Waals surface area (Å²) in [7, 11) is 0. The largest absolute Gasteiger partial charge is 0.340 e. The second-order valence-corrected chi connectivity index (χ2v) is 18.3. The van der Waals surface area contributed by atoms with Crippen LogP contribution >= 0.6 is 11.8 Å². The van der Waals surface area contributed by atoms with Crippen molar-refractivity contribution in [3.05, 3.63) is 144 Å². The topological polar surface area (TPSA) is 156 Å². The van der Waals surface area contributed by atoms with Gasteiger partial charge in [-0.05, 0) is 97.9 Å². The summed E-state index contributed by atoms with van der Waals surface area (Å²) in [5, 5.41) is 6.10. The van der Waals surface area contributed by atoms with E-state index in [0.717, 1.165) is 106 Å². The second kappa shape index (κ2) is 17.7. The van der Waals surface area contributed by atoms with E-state index in [-0.39, 0.29) is 47.5 Å². The molecule has 63 heavy (non-hydrogen) atoms. The number of carbonyl (C=O) groups is 4. The first-order valence-electron chi connectivity index (χ1n) is 22.2. The highest BCUT2D eigenvalue weighted by molar-refractivity contribution is 7.99. The minimum absolute atomic E-state index is 0.00294. The summed E-state index contributed by atoms with van der Waals surface area (Å²) < 4.78 is 0. The van der Waals surface area contributed by atoms with Crippen molar-refractivity contribution in [2.24, 2.45) is 11.8 Å². The van der Waals surface area contributed by atoms with Gasteiger partial charge >= 0.3 is 0 Å². The predicted octanol–water partition coefficient (Wildman–Crippen LogP) is 8.48. The number of hydrogen-bond acceptors (Lipinski definition) is 7. The van der Waals surface area contributed by atoms with Crippen LogP contribution in [0.4, 0.5) is 0 Å². The summed E-state index contributed by atoms with van der Waals surface area (Å²) >= 11 is 1.67. The summed E-state index contributed by atoms with van der Waals surface area (Å²) in [4.78, 5) is 76.3. The molecule has 4 fully saturated rings. The Morgan fingerprint density at radius 2 is 0.937 bits per heavy atom. The van der Waals surface area contributed by atoms with Crippen LogP contribution in [-0.2, 0) is 19.2 Å². The predicted molar refractivity (Wildman–Crippen MR) is 240 cm³/mol. The lowest BCUT2D eigenvalue weighted by molar-refractivity contribution is -0.138. The lowest BCUT2D eigenvalue weighted by Gasteiger charge is -2.28. The lowest BCUT2D eigenvalue weighted by atomic mass is 10.0. The van der Waals surface area contributed by atoms with Crippen LogP contribution in [0, 0.1) is 11.8 Å². The monoisotopic (exact) mass is 858 g/mol. The molecule has 0 bridgehead atoms. The Bertz CT molecular complexity index is 2410. The van der Waals surface area contributed by atoms with Crippen LogP contribution < -0.4 is 10.6 Å². The zero-order valence-electron chi connectivity index (χ0n) is 34.9. The number of nitrogens with zero attached hydrogens (tertiary/aromatic N) is 4. The Balaban J connectivity index is 0.771. The fourth-order valence-electron chi connectivity index (χ4n) is 8.89. The molecule has 2 saturated heterocycles. The molecule has 4 N–H and O–H groups in total. The number of hydrogen-bond donors (Lipinski definition) is 4. The maximum Gasteiger partial charge on any atom is 0.250 e. The van der Waals surface area contributed by atoms with E-state index in [1.54, 1.807) is 11.8 Å². The zero-order valence-corrected chi connectivity index (χ0v) is 35.7. The van der Waals surface area contributed by atoms with Crippen molar-refractivity contribution in [2.45, 2.75) is 85.3 Å². The Labute approximate surface area is 370 Å². The van der Waals surface area contributed by atoms with Crippen molar-refractivity contribution in [1.29, 1.82) is 0 Å². The summed E-state index contributed by atoms with van der Waals surface area (Å²) in [6.45, 7) is 1.22. The van der Waals surface area contributed by atoms with E-state index in [1.165, 1.54) is 0 Å². The number of aromatic amines is 2. The van der Waals surface area contributed by atoms with E-state index in [9.17, 15) is 19.2 Å². The van der Waals surface area contributed by atoms with E-state index in [4.69, 9.17) is 9.97 Å². The maximum absolute atomic E-state index is 14.1. The number of benzene rings is 4. The van der Waals surface area contributed by atoms with Crippen LogP contribution in [0.25, 0.3) is 22.5 Å². The minimum atomic E-state index is -0.728. The highest BCUT2D eigenvalue weighted by atomic mass is 32.2. The van der Waals surface area contributed by atoms with Gasteiger partial charge in [-0.2, -0.15) is 0 Å². The zero-order chi connectivity index (χ0) is 42.9. The first-order valence-corrected chi connectivity index (χ1v) is 23.0. The highest BCUT2D eigenvalue weighted by Gasteiger charge is 2.41. The fraction of sp³-hybridized carbons (Fsp3) is 0.320. The number of imidazole rings is 2. The fourth-order valence-corrected chi connectivity index (χ4v) is 9.70. The number of rotatable bonds is 14. The van der Waals surface area contributed by atoms with Crippen molar-refractivity contribution in [1.82, 2.24) is 40.4 Å². The molecule has 2 saturated carbocycles. The quantitative estimate of drug-likeness (QED) is 0.0857. The molecular weight excluding hydrogens is 809 g/mol. The molecule has 4 atom stereocenters. The Morgan fingerprint density at radius 1 is 0.540 bits per heavy atom. The first-order chi connectivity index (χ1) is 30.9. The summed E-state index contributed by atoms with van der Waals surface area (Å²) in [5.41, 5.74) is 5.34. The van der Waals surface area contributed by atoms with Crippen molar-refractivity contribution in [3.63, 3.8) is 0 Å². The van der Waals surface area contributed by atoms with Gasteiger partial charge in [0, 0.05) is 34.7 Å². The molecule has 4 amide bonds. The third-order valence-electron chi connectivity index (χ3n) is 12.7. The molecule has 4 aromatic carbocycles. The molecule has 13 heteroatoms. The molecule has 4 heterocycles. The molecule has 10 rings (SSSR count). The van der Waals surface area contributed by atoms with Crippen LogP contribution in [0.3, 0.4) is 0 Å². The SMILES string of the molecule is O=C(N[C@@H](C(=O)N1CCC[C@H]1c1ncc(-c2ccc(Sc3ccc(-c4cnc([C@@H]5CCCN5C(=O)[C@H](NC(=O)C5CC5)c5ccccc5)[nH]4)cc3)cc2)[nH]1)c1ccccc1)C1CC1. The van der Waals surface area contributed by atoms with Gasteiger partial charge < -0.3 is 30.4 Å². The van der Waals surface area contributed by atoms with Crippen molar-refractivity contribution in [3.8, 4) is 22.5 Å². The summed E-state index contributed by atoms with van der Waals surface area (Å²) in [6, 6.07) is 33.9. The minimum Gasteiger partial charge on any atom is -0.340 e. The Morgan fingerprint density at radius 3 is 1.32 bits per heavy atom. The molecule has 0 radical (unpaired) electrons. The normalized spacial score (nSPS) is 19.4. The third-order valence-corrected chi connectivity index (χ3v) is 13.7. The second-order valence-electron chi connectivity index (χ2n) is 17.1. The van der Waals surface area contributed by atoms with Gasteiger partial charge in [0.2, 0.25) is 23.6 Å². The van der Waals surface area contributed by atoms with Crippen LogP contribution in [0.1, 0.15) is 98.3 Å². The first kappa shape index (κ1) is 40.6. The van der Waals surface area contributed by atoms with E-state index in [2.05, 4.69) is 69.1 Å². The maximum atomic E-state index is 14.1. The molecule has 0 unspecified atom stereocenters. The average Bonchev–Trinajstić information content (AvgIpc) is 4.08. The number of aromatic nitrogens is 4. The molecule has 2 aliphatic heterocycles. The molecular formula is C50H50N8O4S. The van der Waals surface area contributed by atoms with E-state index in [0.29, 0.717) is 13.1 Å². The van der Waals surface area contributed by atoms with Gasteiger partial charge in [-0.15, -0.1) is 0 Å². The molecule has 12 nitrogen and oxygen atoms in total. The van der Waals surface area contributed by atoms with Crippen molar-refractivity contribution in [2.75, 3.05) is 13.1 Å². The average molecular weight is 859 g/mol. The summed E-state index contributed by atoms with van der Waals surface area (Å²) in [6.07, 6.45) is 10.5. The smallest absolute Gasteiger partial charge is 0.250 e. The van der Waals surface area contributed by atoms with Crippen LogP contribution in [-0.4, -0.2) is 66.5 Å². The van der Waals surface area contributed by atoms with E-state index in [1.807, 2.05) is 82.9 Å².